The van der Waals surface area contributed by atoms with E-state index in [-0.39, 0.29) is 58.6 Å². The third kappa shape index (κ3) is 12.9. The van der Waals surface area contributed by atoms with Gasteiger partial charge < -0.3 is 24.6 Å². The predicted octanol–water partition coefficient (Wildman–Crippen LogP) is 14.9. The van der Waals surface area contributed by atoms with Crippen molar-refractivity contribution in [2.45, 2.75) is 69.3 Å². The third-order valence-corrected chi connectivity index (χ3v) is 12.2. The van der Waals surface area contributed by atoms with Gasteiger partial charge in [-0.3, -0.25) is 0 Å². The number of hydrogen-bond acceptors (Lipinski definition) is 8. The van der Waals surface area contributed by atoms with Gasteiger partial charge in [-0.05, 0) is 153 Å². The summed E-state index contributed by atoms with van der Waals surface area (Å²) in [6, 6.07) is 30.2. The van der Waals surface area contributed by atoms with E-state index in [0.717, 1.165) is 59.3 Å². The first-order chi connectivity index (χ1) is 30.4. The third-order valence-electron chi connectivity index (χ3n) is 10.9. The van der Waals surface area contributed by atoms with E-state index < -0.39 is 11.9 Å². The molecular weight excluding hydrogens is 968 g/mol. The van der Waals surface area contributed by atoms with Crippen molar-refractivity contribution in [2.75, 3.05) is 0 Å². The van der Waals surface area contributed by atoms with Crippen molar-refractivity contribution >= 4 is 85.3 Å². The molecule has 9 rings (SSSR count). The number of ether oxygens (including phenoxy) is 1. The van der Waals surface area contributed by atoms with Gasteiger partial charge in [0.1, 0.15) is 29.6 Å². The molecule has 0 radical (unpaired) electrons. The Balaban J connectivity index is 0.000000277. The molecule has 3 fully saturated rings. The normalized spacial score (nSPS) is 17.5. The first-order valence-electron chi connectivity index (χ1n) is 19.5. The van der Waals surface area contributed by atoms with Gasteiger partial charge in [-0.15, -0.1) is 0 Å². The largest absolute Gasteiger partial charge is 0.508 e. The first kappa shape index (κ1) is 53.1. The van der Waals surface area contributed by atoms with Gasteiger partial charge >= 0.3 is 11.9 Å². The lowest BCUT2D eigenvalue weighted by Crippen LogP contribution is -2.00. The van der Waals surface area contributed by atoms with Crippen LogP contribution in [0.15, 0.2) is 129 Å². The molecule has 14 nitrogen and oxygen atoms in total. The number of carboxylic acids is 2. The van der Waals surface area contributed by atoms with Crippen LogP contribution in [0, 0.1) is 11.1 Å². The molecule has 346 valence electrons. The fourth-order valence-corrected chi connectivity index (χ4v) is 8.78. The molecule has 4 atom stereocenters. The standard InChI is InChI=1S/C29H22Cl3NO4.C16H13ClO3.CH4.H2N6.2H2S/c30-23-5-2-6-24(31)26(23)27-22(28(37-33-27)15-7-8-15)14-36-18-9-10-19(25(32)12-18)21-13-20(21)16-3-1-4-17(11-16)29(34)35;17-15-7-11(18)4-5-12(15)14-8-13(14)9-2-1-3-10(6-9)16(19)20;;1-3-5-6-4-2;;/h1-6,9-12,15,20-21H,7-8,13-14H2,(H,34,35);1-7,13-14,18H,8H2,(H,19,20);1H4;1-2H;2*1H2/b;;;3-1?,4-2?,6-5+;;/t20-,21-;13-,14-;;;;/m11..../s1. The Morgan fingerprint density at radius 3 is 1.65 bits per heavy atom. The maximum Gasteiger partial charge on any atom is 0.335 e. The Morgan fingerprint density at radius 1 is 0.682 bits per heavy atom. The Hall–Kier alpha value is -5.49. The predicted molar refractivity (Wildman–Crippen MR) is 262 cm³/mol. The van der Waals surface area contributed by atoms with Crippen molar-refractivity contribution in [3.05, 3.63) is 168 Å². The van der Waals surface area contributed by atoms with Crippen molar-refractivity contribution in [1.82, 2.24) is 5.16 Å². The zero-order valence-corrected chi connectivity index (χ0v) is 39.0. The summed E-state index contributed by atoms with van der Waals surface area (Å²) in [6.45, 7) is 0.246. The molecule has 5 N–H and O–H groups in total. The summed E-state index contributed by atoms with van der Waals surface area (Å²) in [6.07, 6.45) is 3.98. The van der Waals surface area contributed by atoms with Gasteiger partial charge in [0.05, 0.1) is 26.7 Å². The van der Waals surface area contributed by atoms with E-state index >= 15 is 0 Å². The number of phenols is 1. The summed E-state index contributed by atoms with van der Waals surface area (Å²) in [7, 11) is 0. The van der Waals surface area contributed by atoms with Crippen LogP contribution >= 0.6 is 73.4 Å². The van der Waals surface area contributed by atoms with E-state index in [9.17, 15) is 19.8 Å². The molecule has 0 bridgehead atoms. The highest BCUT2D eigenvalue weighted by molar-refractivity contribution is 7.59. The Kier molecular flexibility index (Phi) is 19.2. The lowest BCUT2D eigenvalue weighted by atomic mass is 10.0. The van der Waals surface area contributed by atoms with Crippen molar-refractivity contribution in [3.8, 4) is 22.8 Å². The van der Waals surface area contributed by atoms with Crippen molar-refractivity contribution in [2.24, 2.45) is 20.9 Å². The molecule has 6 aromatic rings. The molecule has 0 saturated heterocycles. The van der Waals surface area contributed by atoms with Crippen LogP contribution in [0.4, 0.5) is 0 Å². The highest BCUT2D eigenvalue weighted by Crippen LogP contribution is 2.57. The van der Waals surface area contributed by atoms with E-state index in [1.54, 1.807) is 66.7 Å². The molecule has 20 heteroatoms. The number of aromatic hydroxyl groups is 1. The van der Waals surface area contributed by atoms with E-state index in [1.165, 1.54) is 0 Å². The van der Waals surface area contributed by atoms with Crippen molar-refractivity contribution in [1.29, 1.82) is 11.1 Å². The minimum Gasteiger partial charge on any atom is -0.508 e. The fourth-order valence-electron chi connectivity index (χ4n) is 7.58. The van der Waals surface area contributed by atoms with Gasteiger partial charge in [0.25, 0.3) is 0 Å². The van der Waals surface area contributed by atoms with Gasteiger partial charge in [-0.25, -0.2) is 9.59 Å². The van der Waals surface area contributed by atoms with E-state index in [0.29, 0.717) is 66.0 Å². The molecule has 66 heavy (non-hydrogen) atoms. The molecule has 0 aliphatic heterocycles. The average molecular weight is 1010 g/mol. The number of aromatic nitrogens is 1. The van der Waals surface area contributed by atoms with Crippen LogP contribution in [-0.2, 0) is 6.61 Å². The zero-order chi connectivity index (χ0) is 44.8. The lowest BCUT2D eigenvalue weighted by molar-refractivity contribution is 0.0686. The monoisotopic (exact) mass is 1010 g/mol. The number of carboxylic acid groups (broad SMARTS) is 2. The number of nitrogens with one attached hydrogen (secondary N) is 2. The van der Waals surface area contributed by atoms with Crippen LogP contribution in [0.3, 0.4) is 0 Å². The Morgan fingerprint density at radius 2 is 1.18 bits per heavy atom. The molecular formula is C46H45Cl4N7O7S2. The summed E-state index contributed by atoms with van der Waals surface area (Å²) >= 11 is 25.7. The molecule has 3 saturated carbocycles. The van der Waals surface area contributed by atoms with E-state index in [2.05, 4.69) is 26.0 Å². The zero-order valence-electron chi connectivity index (χ0n) is 34.0. The van der Waals surface area contributed by atoms with E-state index in [4.69, 9.17) is 71.8 Å². The van der Waals surface area contributed by atoms with Crippen LogP contribution in [0.2, 0.25) is 20.1 Å². The fraction of sp³-hybridized carbons (Fsp3) is 0.239. The number of nitrogens with zero attached hydrogens (tertiary/aromatic N) is 5. The van der Waals surface area contributed by atoms with Gasteiger partial charge in [0, 0.05) is 21.5 Å². The van der Waals surface area contributed by atoms with Gasteiger partial charge in [-0.2, -0.15) is 38.1 Å². The smallest absolute Gasteiger partial charge is 0.335 e. The van der Waals surface area contributed by atoms with Crippen LogP contribution in [-0.4, -0.2) is 32.4 Å². The molecule has 0 spiro atoms. The second-order valence-corrected chi connectivity index (χ2v) is 16.7. The van der Waals surface area contributed by atoms with Crippen LogP contribution in [0.1, 0.15) is 117 Å². The van der Waals surface area contributed by atoms with Crippen LogP contribution in [0.5, 0.6) is 11.5 Å². The van der Waals surface area contributed by atoms with Crippen molar-refractivity contribution in [3.63, 3.8) is 0 Å². The summed E-state index contributed by atoms with van der Waals surface area (Å²) < 4.78 is 11.9. The number of hydrogen-bond donors (Lipinski definition) is 5. The summed E-state index contributed by atoms with van der Waals surface area (Å²) in [4.78, 5) is 22.3. The summed E-state index contributed by atoms with van der Waals surface area (Å²) in [5.41, 5.74) is 18.6. The minimum absolute atomic E-state index is 0. The van der Waals surface area contributed by atoms with E-state index in [1.807, 2.05) is 36.4 Å². The number of carbonyl (C=O) groups is 2. The average Bonchev–Trinajstić information content (AvgIpc) is 4.18. The molecule has 1 heterocycles. The van der Waals surface area contributed by atoms with Crippen LogP contribution < -0.4 is 4.74 Å². The highest BCUT2D eigenvalue weighted by Gasteiger charge is 2.42. The lowest BCUT2D eigenvalue weighted by Gasteiger charge is -2.11. The Bertz CT molecular complexity index is 2710. The topological polar surface area (TPSA) is 227 Å². The molecule has 0 unspecified atom stereocenters. The second-order valence-electron chi connectivity index (χ2n) is 15.1. The number of halogens is 4. The van der Waals surface area contributed by atoms with Gasteiger partial charge in [0.15, 0.2) is 0 Å². The number of aromatic carboxylic acids is 2. The molecule has 0 amide bonds. The maximum atomic E-state index is 11.3. The van der Waals surface area contributed by atoms with Crippen molar-refractivity contribution < 1.29 is 34.2 Å². The minimum atomic E-state index is -0.920. The maximum absolute atomic E-state index is 11.3. The molecule has 3 aliphatic carbocycles. The Labute approximate surface area is 414 Å². The van der Waals surface area contributed by atoms with Crippen LogP contribution in [0.25, 0.3) is 11.3 Å². The molecule has 3 aliphatic rings. The number of benzene rings is 5. The van der Waals surface area contributed by atoms with Gasteiger partial charge in [0.2, 0.25) is 0 Å². The second kappa shape index (κ2) is 23.8. The highest BCUT2D eigenvalue weighted by atomic mass is 35.5. The first-order valence-corrected chi connectivity index (χ1v) is 21.0. The molecule has 5 aromatic carbocycles. The number of phenolic OH excluding ortho intramolecular Hbond substituents is 1. The molecule has 1 aromatic heterocycles. The SMILES string of the molecule is C.N=N/N=N/N=N.O=C(O)c1cccc([C@H]2C[C@@H]2c2ccc(O)cc2Cl)c1.O=C(O)c1cccc([C@H]2C[C@@H]2c2ccc(OCc3c(-c4c(Cl)cccc4Cl)noc3C3CC3)cc2Cl)c1.S.S. The quantitative estimate of drug-likeness (QED) is 0.0551. The summed E-state index contributed by atoms with van der Waals surface area (Å²) in [5.74, 6) is 1.22. The summed E-state index contributed by atoms with van der Waals surface area (Å²) in [5, 5.41) is 44.3. The van der Waals surface area contributed by atoms with Gasteiger partial charge in [-0.1, -0.05) is 101 Å². The number of rotatable bonds is 13.